The number of thiophene rings is 1. The van der Waals surface area contributed by atoms with Crippen molar-refractivity contribution in [1.82, 2.24) is 10.6 Å². The Morgan fingerprint density at radius 3 is 2.67 bits per heavy atom. The number of rotatable bonds is 10. The van der Waals surface area contributed by atoms with Gasteiger partial charge in [-0.05, 0) is 35.6 Å². The summed E-state index contributed by atoms with van der Waals surface area (Å²) in [5.74, 6) is -0.259. The molecule has 1 heterocycles. The first-order valence-electron chi connectivity index (χ1n) is 8.19. The fourth-order valence-corrected chi connectivity index (χ4v) is 2.89. The summed E-state index contributed by atoms with van der Waals surface area (Å²) >= 11 is 1.35. The van der Waals surface area contributed by atoms with Crippen molar-refractivity contribution in [3.63, 3.8) is 0 Å². The number of benzene rings is 1. The van der Waals surface area contributed by atoms with E-state index in [-0.39, 0.29) is 36.3 Å². The minimum Gasteiger partial charge on any atom is -0.493 e. The molecule has 6 nitrogen and oxygen atoms in total. The SMILES string of the molecule is COc1ccc(CNC(=O)CCCNC(=O)c2cccs2)cc1OC(F)F. The summed E-state index contributed by atoms with van der Waals surface area (Å²) in [6.45, 7) is -2.41. The Morgan fingerprint density at radius 2 is 2.00 bits per heavy atom. The first-order chi connectivity index (χ1) is 13.0. The Kier molecular flexibility index (Phi) is 8.00. The molecule has 0 aliphatic rings. The van der Waals surface area contributed by atoms with Gasteiger partial charge in [-0.25, -0.2) is 0 Å². The van der Waals surface area contributed by atoms with E-state index in [2.05, 4.69) is 15.4 Å². The number of carbonyl (C=O) groups excluding carboxylic acids is 2. The van der Waals surface area contributed by atoms with E-state index in [1.165, 1.54) is 30.6 Å². The molecule has 0 atom stereocenters. The third-order valence-corrected chi connectivity index (χ3v) is 4.41. The van der Waals surface area contributed by atoms with Crippen LogP contribution in [0.3, 0.4) is 0 Å². The summed E-state index contributed by atoms with van der Waals surface area (Å²) < 4.78 is 34.2. The standard InChI is InChI=1S/C18H20F2N2O4S/c1-25-13-7-6-12(10-14(13)26-18(19)20)11-22-16(23)5-2-8-21-17(24)15-4-3-9-27-15/h3-4,6-7,9-10,18H,2,5,8,11H2,1H3,(H,21,24)(H,22,23). The van der Waals surface area contributed by atoms with Crippen molar-refractivity contribution in [2.24, 2.45) is 0 Å². The number of alkyl halides is 2. The first kappa shape index (κ1) is 20.6. The van der Waals surface area contributed by atoms with Gasteiger partial charge in [-0.15, -0.1) is 11.3 Å². The van der Waals surface area contributed by atoms with Gasteiger partial charge in [0.1, 0.15) is 0 Å². The highest BCUT2D eigenvalue weighted by atomic mass is 32.1. The summed E-state index contributed by atoms with van der Waals surface area (Å²) in [6.07, 6.45) is 0.729. The number of hydrogen-bond donors (Lipinski definition) is 2. The highest BCUT2D eigenvalue weighted by molar-refractivity contribution is 7.12. The van der Waals surface area contributed by atoms with E-state index in [1.54, 1.807) is 18.2 Å². The van der Waals surface area contributed by atoms with Crippen LogP contribution in [-0.4, -0.2) is 32.1 Å². The van der Waals surface area contributed by atoms with Crippen LogP contribution in [0.2, 0.25) is 0 Å². The molecule has 0 radical (unpaired) electrons. The van der Waals surface area contributed by atoms with E-state index >= 15 is 0 Å². The number of nitrogens with one attached hydrogen (secondary N) is 2. The van der Waals surface area contributed by atoms with Gasteiger partial charge in [0.2, 0.25) is 5.91 Å². The topological polar surface area (TPSA) is 76.7 Å². The van der Waals surface area contributed by atoms with Crippen LogP contribution in [0.1, 0.15) is 28.1 Å². The molecule has 0 fully saturated rings. The summed E-state index contributed by atoms with van der Waals surface area (Å²) in [7, 11) is 1.35. The number of ether oxygens (including phenoxy) is 2. The zero-order valence-corrected chi connectivity index (χ0v) is 15.5. The molecule has 1 aromatic heterocycles. The molecule has 1 aromatic carbocycles. The zero-order valence-electron chi connectivity index (χ0n) is 14.7. The van der Waals surface area contributed by atoms with E-state index in [9.17, 15) is 18.4 Å². The Balaban J connectivity index is 1.72. The lowest BCUT2D eigenvalue weighted by molar-refractivity contribution is -0.121. The molecule has 2 aromatic rings. The fraction of sp³-hybridized carbons (Fsp3) is 0.333. The molecule has 2 rings (SSSR count). The molecule has 27 heavy (non-hydrogen) atoms. The summed E-state index contributed by atoms with van der Waals surface area (Å²) in [4.78, 5) is 24.2. The predicted molar refractivity (Wildman–Crippen MR) is 97.4 cm³/mol. The smallest absolute Gasteiger partial charge is 0.387 e. The lowest BCUT2D eigenvalue weighted by Crippen LogP contribution is -2.27. The number of amides is 2. The number of halogens is 2. The maximum atomic E-state index is 12.4. The second-order valence-electron chi connectivity index (χ2n) is 5.48. The number of hydrogen-bond acceptors (Lipinski definition) is 5. The minimum atomic E-state index is -2.96. The highest BCUT2D eigenvalue weighted by Gasteiger charge is 2.12. The molecule has 0 saturated heterocycles. The number of carbonyl (C=O) groups is 2. The van der Waals surface area contributed by atoms with Crippen LogP contribution in [0.15, 0.2) is 35.7 Å². The fourth-order valence-electron chi connectivity index (χ4n) is 2.25. The van der Waals surface area contributed by atoms with Gasteiger partial charge in [0.25, 0.3) is 5.91 Å². The van der Waals surface area contributed by atoms with Gasteiger partial charge in [-0.1, -0.05) is 12.1 Å². The van der Waals surface area contributed by atoms with Gasteiger partial charge in [0, 0.05) is 19.5 Å². The quantitative estimate of drug-likeness (QED) is 0.603. The van der Waals surface area contributed by atoms with Crippen molar-refractivity contribution < 1.29 is 27.8 Å². The van der Waals surface area contributed by atoms with Crippen LogP contribution in [0.25, 0.3) is 0 Å². The molecule has 0 unspecified atom stereocenters. The van der Waals surface area contributed by atoms with Crippen LogP contribution in [-0.2, 0) is 11.3 Å². The Morgan fingerprint density at radius 1 is 1.19 bits per heavy atom. The van der Waals surface area contributed by atoms with Crippen LogP contribution in [0.5, 0.6) is 11.5 Å². The molecular formula is C18H20F2N2O4S. The number of methoxy groups -OCH3 is 1. The van der Waals surface area contributed by atoms with Gasteiger partial charge in [-0.2, -0.15) is 8.78 Å². The lowest BCUT2D eigenvalue weighted by atomic mass is 10.2. The van der Waals surface area contributed by atoms with Crippen LogP contribution >= 0.6 is 11.3 Å². The lowest BCUT2D eigenvalue weighted by Gasteiger charge is -2.12. The monoisotopic (exact) mass is 398 g/mol. The van der Waals surface area contributed by atoms with Crippen molar-refractivity contribution in [3.8, 4) is 11.5 Å². The molecule has 0 saturated carbocycles. The van der Waals surface area contributed by atoms with E-state index in [0.717, 1.165) is 0 Å². The third kappa shape index (κ3) is 6.86. The second-order valence-corrected chi connectivity index (χ2v) is 6.42. The minimum absolute atomic E-state index is 0.0875. The molecule has 146 valence electrons. The summed E-state index contributed by atoms with van der Waals surface area (Å²) in [5.41, 5.74) is 0.603. The van der Waals surface area contributed by atoms with Crippen molar-refractivity contribution >= 4 is 23.2 Å². The van der Waals surface area contributed by atoms with Crippen LogP contribution in [0, 0.1) is 0 Å². The van der Waals surface area contributed by atoms with Gasteiger partial charge < -0.3 is 20.1 Å². The maximum absolute atomic E-state index is 12.4. The predicted octanol–water partition coefficient (Wildman–Crippen LogP) is 3.18. The Hall–Kier alpha value is -2.68. The third-order valence-electron chi connectivity index (χ3n) is 3.54. The second kappa shape index (κ2) is 10.5. The van der Waals surface area contributed by atoms with Gasteiger partial charge in [-0.3, -0.25) is 9.59 Å². The average Bonchev–Trinajstić information content (AvgIpc) is 3.18. The summed E-state index contributed by atoms with van der Waals surface area (Å²) in [5, 5.41) is 7.26. The van der Waals surface area contributed by atoms with Crippen molar-refractivity contribution in [2.75, 3.05) is 13.7 Å². The van der Waals surface area contributed by atoms with Crippen LogP contribution < -0.4 is 20.1 Å². The van der Waals surface area contributed by atoms with Crippen LogP contribution in [0.4, 0.5) is 8.78 Å². The van der Waals surface area contributed by atoms with Gasteiger partial charge >= 0.3 is 6.61 Å². The van der Waals surface area contributed by atoms with Crippen molar-refractivity contribution in [1.29, 1.82) is 0 Å². The molecule has 0 spiro atoms. The van der Waals surface area contributed by atoms with E-state index in [1.807, 2.05) is 5.38 Å². The van der Waals surface area contributed by atoms with E-state index < -0.39 is 6.61 Å². The van der Waals surface area contributed by atoms with Crippen molar-refractivity contribution in [2.45, 2.75) is 26.0 Å². The normalized spacial score (nSPS) is 10.5. The van der Waals surface area contributed by atoms with Crippen molar-refractivity contribution in [3.05, 3.63) is 46.2 Å². The molecule has 9 heteroatoms. The average molecular weight is 398 g/mol. The Bertz CT molecular complexity index is 754. The van der Waals surface area contributed by atoms with Gasteiger partial charge in [0.15, 0.2) is 11.5 Å². The Labute approximate surface area is 159 Å². The summed E-state index contributed by atoms with van der Waals surface area (Å²) in [6, 6.07) is 8.07. The highest BCUT2D eigenvalue weighted by Crippen LogP contribution is 2.29. The molecule has 0 aliphatic carbocycles. The molecule has 2 amide bonds. The molecular weight excluding hydrogens is 378 g/mol. The zero-order chi connectivity index (χ0) is 19.6. The van der Waals surface area contributed by atoms with E-state index in [0.29, 0.717) is 23.4 Å². The molecule has 2 N–H and O–H groups in total. The largest absolute Gasteiger partial charge is 0.493 e. The van der Waals surface area contributed by atoms with Gasteiger partial charge in [0.05, 0.1) is 12.0 Å². The molecule has 0 aliphatic heterocycles. The maximum Gasteiger partial charge on any atom is 0.387 e. The molecule has 0 bridgehead atoms. The first-order valence-corrected chi connectivity index (χ1v) is 9.07. The van der Waals surface area contributed by atoms with E-state index in [4.69, 9.17) is 4.74 Å².